The van der Waals surface area contributed by atoms with Crippen LogP contribution in [0.25, 0.3) is 0 Å². The number of carbonyl (C=O) groups is 1. The molecule has 2 atom stereocenters. The molecule has 30 heavy (non-hydrogen) atoms. The van der Waals surface area contributed by atoms with E-state index in [-0.39, 0.29) is 23.5 Å². The molecule has 5 nitrogen and oxygen atoms in total. The second-order valence-corrected chi connectivity index (χ2v) is 9.34. The van der Waals surface area contributed by atoms with Gasteiger partial charge in [-0.3, -0.25) is 9.69 Å². The highest BCUT2D eigenvalue weighted by molar-refractivity contribution is 6.31. The van der Waals surface area contributed by atoms with Crippen molar-refractivity contribution in [2.75, 3.05) is 13.7 Å². The molecule has 0 bridgehead atoms. The number of nitrogens with one attached hydrogen (secondary N) is 2. The highest BCUT2D eigenvalue weighted by Gasteiger charge is 2.37. The molecule has 2 N–H and O–H groups in total. The molecular formula is C24H32ClN3O2. The molecule has 0 aliphatic carbocycles. The number of carbonyl (C=O) groups excluding carboxylic acids is 1. The van der Waals surface area contributed by atoms with Crippen molar-refractivity contribution in [2.45, 2.75) is 57.9 Å². The lowest BCUT2D eigenvalue weighted by atomic mass is 10.1. The van der Waals surface area contributed by atoms with Crippen LogP contribution in [-0.2, 0) is 17.9 Å². The van der Waals surface area contributed by atoms with Gasteiger partial charge >= 0.3 is 0 Å². The topological polar surface area (TPSA) is 53.6 Å². The lowest BCUT2D eigenvalue weighted by Gasteiger charge is -2.28. The first-order chi connectivity index (χ1) is 14.2. The van der Waals surface area contributed by atoms with Crippen LogP contribution in [0.1, 0.15) is 38.3 Å². The largest absolute Gasteiger partial charge is 0.497 e. The van der Waals surface area contributed by atoms with Crippen molar-refractivity contribution in [3.05, 3.63) is 64.7 Å². The number of benzene rings is 2. The maximum Gasteiger partial charge on any atom is 0.237 e. The Bertz CT molecular complexity index is 848. The number of likely N-dealkylation sites (tertiary alicyclic amines) is 1. The van der Waals surface area contributed by atoms with E-state index in [1.807, 2.05) is 57.2 Å². The summed E-state index contributed by atoms with van der Waals surface area (Å²) in [5.41, 5.74) is 1.97. The maximum absolute atomic E-state index is 13.0. The molecule has 1 amide bonds. The molecule has 1 aliphatic rings. The van der Waals surface area contributed by atoms with Crippen LogP contribution in [-0.4, -0.2) is 42.1 Å². The Labute approximate surface area is 184 Å². The normalized spacial score (nSPS) is 19.6. The fourth-order valence-electron chi connectivity index (χ4n) is 3.80. The number of amides is 1. The molecule has 0 saturated carbocycles. The minimum atomic E-state index is -0.262. The number of ether oxygens (including phenoxy) is 1. The monoisotopic (exact) mass is 429 g/mol. The van der Waals surface area contributed by atoms with Gasteiger partial charge in [0, 0.05) is 36.2 Å². The number of rotatable bonds is 7. The summed E-state index contributed by atoms with van der Waals surface area (Å²) < 4.78 is 5.23. The van der Waals surface area contributed by atoms with E-state index < -0.39 is 0 Å². The van der Waals surface area contributed by atoms with Crippen LogP contribution < -0.4 is 15.4 Å². The lowest BCUT2D eigenvalue weighted by Crippen LogP contribution is -2.49. The average Bonchev–Trinajstić information content (AvgIpc) is 3.10. The highest BCUT2D eigenvalue weighted by atomic mass is 35.5. The first kappa shape index (κ1) is 22.6. The fourth-order valence-corrected chi connectivity index (χ4v) is 4.00. The molecular weight excluding hydrogens is 398 g/mol. The molecule has 1 aliphatic heterocycles. The number of hydrogen-bond donors (Lipinski definition) is 2. The highest BCUT2D eigenvalue weighted by Crippen LogP contribution is 2.25. The second kappa shape index (κ2) is 9.82. The first-order valence-corrected chi connectivity index (χ1v) is 10.8. The van der Waals surface area contributed by atoms with Crippen LogP contribution in [0.15, 0.2) is 48.5 Å². The summed E-state index contributed by atoms with van der Waals surface area (Å²) in [7, 11) is 1.67. The van der Waals surface area contributed by atoms with E-state index >= 15 is 0 Å². The van der Waals surface area contributed by atoms with Crippen LogP contribution in [0, 0.1) is 0 Å². The average molecular weight is 430 g/mol. The minimum absolute atomic E-state index is 0.0725. The predicted octanol–water partition coefficient (Wildman–Crippen LogP) is 4.00. The van der Waals surface area contributed by atoms with Gasteiger partial charge in [-0.25, -0.2) is 0 Å². The fraction of sp³-hybridized carbons (Fsp3) is 0.458. The van der Waals surface area contributed by atoms with E-state index in [1.54, 1.807) is 7.11 Å². The Morgan fingerprint density at radius 2 is 1.87 bits per heavy atom. The van der Waals surface area contributed by atoms with E-state index in [0.29, 0.717) is 6.54 Å². The van der Waals surface area contributed by atoms with E-state index in [4.69, 9.17) is 16.3 Å². The standard InChI is InChI=1S/C24H32ClN3O2/c1-24(2,3)27-23(29)22-13-19(26-14-17-9-11-20(30-4)12-10-17)16-28(22)15-18-7-5-6-8-21(18)25/h5-12,19,22,26H,13-16H2,1-4H3,(H,27,29). The van der Waals surface area contributed by atoms with E-state index in [1.165, 1.54) is 5.56 Å². The van der Waals surface area contributed by atoms with Crippen LogP contribution >= 0.6 is 11.6 Å². The van der Waals surface area contributed by atoms with E-state index in [9.17, 15) is 4.79 Å². The van der Waals surface area contributed by atoms with Gasteiger partial charge in [0.1, 0.15) is 5.75 Å². The predicted molar refractivity (Wildman–Crippen MR) is 122 cm³/mol. The summed E-state index contributed by atoms with van der Waals surface area (Å²) in [5, 5.41) is 7.50. The molecule has 3 rings (SSSR count). The Morgan fingerprint density at radius 3 is 2.50 bits per heavy atom. The third-order valence-corrected chi connectivity index (χ3v) is 5.66. The van der Waals surface area contributed by atoms with Crippen LogP contribution in [0.2, 0.25) is 5.02 Å². The Hall–Kier alpha value is -2.08. The zero-order valence-corrected chi connectivity index (χ0v) is 19.0. The molecule has 0 radical (unpaired) electrons. The molecule has 162 valence electrons. The van der Waals surface area contributed by atoms with Gasteiger partial charge in [-0.05, 0) is 56.5 Å². The molecule has 1 saturated heterocycles. The number of methoxy groups -OCH3 is 1. The van der Waals surface area contributed by atoms with Gasteiger partial charge in [-0.15, -0.1) is 0 Å². The smallest absolute Gasteiger partial charge is 0.237 e. The third-order valence-electron chi connectivity index (χ3n) is 5.29. The van der Waals surface area contributed by atoms with Crippen LogP contribution in [0.3, 0.4) is 0 Å². The number of nitrogens with zero attached hydrogens (tertiary/aromatic N) is 1. The lowest BCUT2D eigenvalue weighted by molar-refractivity contribution is -0.127. The van der Waals surface area contributed by atoms with E-state index in [2.05, 4.69) is 27.7 Å². The zero-order valence-electron chi connectivity index (χ0n) is 18.2. The molecule has 2 aromatic rings. The summed E-state index contributed by atoms with van der Waals surface area (Å²) in [5.74, 6) is 0.924. The number of halogens is 1. The number of hydrogen-bond acceptors (Lipinski definition) is 4. The Morgan fingerprint density at radius 1 is 1.17 bits per heavy atom. The van der Waals surface area contributed by atoms with Gasteiger partial charge in [-0.1, -0.05) is 41.9 Å². The Kier molecular flexibility index (Phi) is 7.40. The van der Waals surface area contributed by atoms with Gasteiger partial charge < -0.3 is 15.4 Å². The van der Waals surface area contributed by atoms with Crippen molar-refractivity contribution in [1.29, 1.82) is 0 Å². The van der Waals surface area contributed by atoms with Crippen LogP contribution in [0.5, 0.6) is 5.75 Å². The minimum Gasteiger partial charge on any atom is -0.497 e. The van der Waals surface area contributed by atoms with Gasteiger partial charge in [0.25, 0.3) is 0 Å². The van der Waals surface area contributed by atoms with Crippen molar-refractivity contribution in [1.82, 2.24) is 15.5 Å². The summed E-state index contributed by atoms with van der Waals surface area (Å²) in [6.45, 7) is 8.24. The van der Waals surface area contributed by atoms with Gasteiger partial charge in [0.15, 0.2) is 0 Å². The molecule has 6 heteroatoms. The summed E-state index contributed by atoms with van der Waals surface area (Å²) in [6.07, 6.45) is 0.766. The van der Waals surface area contributed by atoms with Crippen molar-refractivity contribution >= 4 is 17.5 Å². The van der Waals surface area contributed by atoms with Crippen molar-refractivity contribution in [2.24, 2.45) is 0 Å². The second-order valence-electron chi connectivity index (χ2n) is 8.94. The van der Waals surface area contributed by atoms with Crippen molar-refractivity contribution < 1.29 is 9.53 Å². The molecule has 2 aromatic carbocycles. The van der Waals surface area contributed by atoms with Crippen LogP contribution in [0.4, 0.5) is 0 Å². The van der Waals surface area contributed by atoms with Crippen molar-refractivity contribution in [3.63, 3.8) is 0 Å². The maximum atomic E-state index is 13.0. The molecule has 1 fully saturated rings. The summed E-state index contributed by atoms with van der Waals surface area (Å²) in [4.78, 5) is 15.2. The SMILES string of the molecule is COc1ccc(CNC2CC(C(=O)NC(C)(C)C)N(Cc3ccccc3Cl)C2)cc1. The quantitative estimate of drug-likeness (QED) is 0.698. The molecule has 2 unspecified atom stereocenters. The molecule has 0 aromatic heterocycles. The van der Waals surface area contributed by atoms with Crippen molar-refractivity contribution in [3.8, 4) is 5.75 Å². The third kappa shape index (κ3) is 6.21. The Balaban J connectivity index is 1.68. The summed E-state index contributed by atoms with van der Waals surface area (Å²) in [6, 6.07) is 15.9. The summed E-state index contributed by atoms with van der Waals surface area (Å²) >= 11 is 6.39. The van der Waals surface area contributed by atoms with E-state index in [0.717, 1.165) is 35.8 Å². The molecule has 0 spiro atoms. The van der Waals surface area contributed by atoms with Gasteiger partial charge in [-0.2, -0.15) is 0 Å². The zero-order chi connectivity index (χ0) is 21.7. The van der Waals surface area contributed by atoms with Gasteiger partial charge in [0.05, 0.1) is 13.2 Å². The van der Waals surface area contributed by atoms with Gasteiger partial charge in [0.2, 0.25) is 5.91 Å². The molecule has 1 heterocycles. The first-order valence-electron chi connectivity index (χ1n) is 10.4.